The van der Waals surface area contributed by atoms with Crippen LogP contribution in [0.1, 0.15) is 40.5 Å². The summed E-state index contributed by atoms with van der Waals surface area (Å²) in [7, 11) is 0. The quantitative estimate of drug-likeness (QED) is 0.781. The van der Waals surface area contributed by atoms with Crippen LogP contribution in [0.5, 0.6) is 0 Å². The molecule has 2 aliphatic rings. The molecule has 0 aromatic heterocycles. The van der Waals surface area contributed by atoms with Crippen molar-refractivity contribution in [3.8, 4) is 0 Å². The second kappa shape index (κ2) is 7.26. The van der Waals surface area contributed by atoms with Crippen molar-refractivity contribution >= 4 is 11.8 Å². The van der Waals surface area contributed by atoms with Crippen LogP contribution >= 0.6 is 0 Å². The summed E-state index contributed by atoms with van der Waals surface area (Å²) < 4.78 is 0. The Morgan fingerprint density at radius 2 is 1.83 bits per heavy atom. The molecule has 0 radical (unpaired) electrons. The van der Waals surface area contributed by atoms with E-state index in [1.165, 1.54) is 0 Å². The van der Waals surface area contributed by atoms with Crippen molar-refractivity contribution in [2.45, 2.75) is 40.5 Å². The molecule has 0 aromatic rings. The number of nitrogens with one attached hydrogen (secondary N) is 1. The Hall–Kier alpha value is -1.36. The zero-order valence-corrected chi connectivity index (χ0v) is 15.7. The summed E-state index contributed by atoms with van der Waals surface area (Å²) in [5, 5.41) is 2.94. The Kier molecular flexibility index (Phi) is 5.74. The van der Waals surface area contributed by atoms with Crippen LogP contribution in [0.4, 0.5) is 0 Å². The highest BCUT2D eigenvalue weighted by molar-refractivity contribution is 5.87. The third-order valence-corrected chi connectivity index (χ3v) is 6.41. The van der Waals surface area contributed by atoms with Crippen molar-refractivity contribution in [3.05, 3.63) is 12.7 Å². The van der Waals surface area contributed by atoms with Crippen molar-refractivity contribution in [2.75, 3.05) is 39.3 Å². The molecular formula is C19H33N3O2. The normalized spacial score (nSPS) is 30.2. The van der Waals surface area contributed by atoms with Gasteiger partial charge in [0, 0.05) is 45.2 Å². The van der Waals surface area contributed by atoms with E-state index in [0.717, 1.165) is 45.6 Å². The van der Waals surface area contributed by atoms with E-state index in [0.29, 0.717) is 6.54 Å². The molecule has 2 amide bonds. The molecule has 24 heavy (non-hydrogen) atoms. The Balaban J connectivity index is 2.08. The van der Waals surface area contributed by atoms with Gasteiger partial charge in [-0.2, -0.15) is 0 Å². The minimum Gasteiger partial charge on any atom is -0.356 e. The third-order valence-electron chi connectivity index (χ3n) is 6.41. The van der Waals surface area contributed by atoms with E-state index >= 15 is 0 Å². The summed E-state index contributed by atoms with van der Waals surface area (Å²) in [6.45, 7) is 16.8. The van der Waals surface area contributed by atoms with E-state index in [1.54, 1.807) is 0 Å². The molecular weight excluding hydrogens is 302 g/mol. The number of rotatable bonds is 5. The molecule has 1 saturated heterocycles. The van der Waals surface area contributed by atoms with Crippen LogP contribution in [-0.2, 0) is 9.59 Å². The molecule has 1 N–H and O–H groups in total. The summed E-state index contributed by atoms with van der Waals surface area (Å²) in [4.78, 5) is 30.0. The van der Waals surface area contributed by atoms with E-state index in [4.69, 9.17) is 0 Å². The number of amides is 2. The van der Waals surface area contributed by atoms with Crippen molar-refractivity contribution in [1.29, 1.82) is 0 Å². The number of carbonyl (C=O) groups excluding carboxylic acids is 2. The first-order chi connectivity index (χ1) is 11.3. The van der Waals surface area contributed by atoms with Gasteiger partial charge in [-0.25, -0.2) is 0 Å². The second-order valence-corrected chi connectivity index (χ2v) is 7.92. The lowest BCUT2D eigenvalue weighted by Gasteiger charge is -2.44. The Bertz CT molecular complexity index is 495. The lowest BCUT2D eigenvalue weighted by molar-refractivity contribution is -0.150. The van der Waals surface area contributed by atoms with Crippen LogP contribution in [0, 0.1) is 16.7 Å². The highest BCUT2D eigenvalue weighted by Gasteiger charge is 2.58. The van der Waals surface area contributed by atoms with Crippen LogP contribution < -0.4 is 5.32 Å². The summed E-state index contributed by atoms with van der Waals surface area (Å²) in [5.41, 5.74) is -0.801. The smallest absolute Gasteiger partial charge is 0.229 e. The summed E-state index contributed by atoms with van der Waals surface area (Å²) in [6, 6.07) is 0. The van der Waals surface area contributed by atoms with Gasteiger partial charge in [-0.1, -0.05) is 26.8 Å². The van der Waals surface area contributed by atoms with Crippen molar-refractivity contribution in [1.82, 2.24) is 15.1 Å². The molecule has 2 rings (SSSR count). The number of piperazine rings is 1. The average molecular weight is 335 g/mol. The molecule has 0 bridgehead atoms. The Morgan fingerprint density at radius 1 is 1.21 bits per heavy atom. The van der Waals surface area contributed by atoms with E-state index in [2.05, 4.69) is 37.6 Å². The largest absolute Gasteiger partial charge is 0.356 e. The predicted octanol–water partition coefficient (Wildman–Crippen LogP) is 1.90. The first kappa shape index (κ1) is 19.0. The monoisotopic (exact) mass is 335 g/mol. The fraction of sp³-hybridized carbons (Fsp3) is 0.789. The van der Waals surface area contributed by atoms with E-state index in [9.17, 15) is 9.59 Å². The first-order valence-corrected chi connectivity index (χ1v) is 9.18. The van der Waals surface area contributed by atoms with Gasteiger partial charge in [-0.15, -0.1) is 6.58 Å². The number of carbonyl (C=O) groups is 2. The molecule has 1 heterocycles. The van der Waals surface area contributed by atoms with Gasteiger partial charge < -0.3 is 10.2 Å². The highest BCUT2D eigenvalue weighted by atomic mass is 16.2. The number of hydrogen-bond donors (Lipinski definition) is 1. The van der Waals surface area contributed by atoms with Gasteiger partial charge in [0.25, 0.3) is 0 Å². The van der Waals surface area contributed by atoms with Crippen LogP contribution in [0.25, 0.3) is 0 Å². The third kappa shape index (κ3) is 3.23. The molecule has 0 unspecified atom stereocenters. The standard InChI is InChI=1S/C19H33N3O2/c1-6-10-21-11-13-22(14-12-21)17(24)19(5)9-8-15(18(19,3)4)16(23)20-7-2/h6,15H,1,7-14H2,2-5H3,(H,20,23)/t15-,19+/m1/s1. The van der Waals surface area contributed by atoms with Crippen LogP contribution in [-0.4, -0.2) is 60.9 Å². The van der Waals surface area contributed by atoms with Crippen LogP contribution in [0.2, 0.25) is 0 Å². The van der Waals surface area contributed by atoms with Crippen LogP contribution in [0.15, 0.2) is 12.7 Å². The molecule has 136 valence electrons. The molecule has 1 aliphatic heterocycles. The van der Waals surface area contributed by atoms with Crippen molar-refractivity contribution < 1.29 is 9.59 Å². The van der Waals surface area contributed by atoms with E-state index in [1.807, 2.05) is 17.9 Å². The second-order valence-electron chi connectivity index (χ2n) is 7.92. The fourth-order valence-electron chi connectivity index (χ4n) is 4.30. The van der Waals surface area contributed by atoms with Gasteiger partial charge >= 0.3 is 0 Å². The molecule has 2 fully saturated rings. The maximum Gasteiger partial charge on any atom is 0.229 e. The predicted molar refractivity (Wildman–Crippen MR) is 96.5 cm³/mol. The molecule has 0 spiro atoms. The number of nitrogens with zero attached hydrogens (tertiary/aromatic N) is 2. The molecule has 0 aromatic carbocycles. The summed E-state index contributed by atoms with van der Waals surface area (Å²) in [5.74, 6) is 0.223. The fourth-order valence-corrected chi connectivity index (χ4v) is 4.30. The van der Waals surface area contributed by atoms with Gasteiger partial charge in [0.05, 0.1) is 5.41 Å². The zero-order valence-electron chi connectivity index (χ0n) is 15.7. The number of hydrogen-bond acceptors (Lipinski definition) is 3. The minimum absolute atomic E-state index is 0.0894. The van der Waals surface area contributed by atoms with Gasteiger partial charge in [0.1, 0.15) is 0 Å². The Morgan fingerprint density at radius 3 is 2.38 bits per heavy atom. The van der Waals surface area contributed by atoms with Crippen molar-refractivity contribution in [2.24, 2.45) is 16.7 Å². The molecule has 1 aliphatic carbocycles. The topological polar surface area (TPSA) is 52.7 Å². The molecule has 5 nitrogen and oxygen atoms in total. The highest BCUT2D eigenvalue weighted by Crippen LogP contribution is 2.56. The lowest BCUT2D eigenvalue weighted by atomic mass is 9.64. The van der Waals surface area contributed by atoms with Gasteiger partial charge in [-0.3, -0.25) is 14.5 Å². The SMILES string of the molecule is C=CCN1CCN(C(=O)[C@]2(C)CC[C@H](C(=O)NCC)C2(C)C)CC1. The van der Waals surface area contributed by atoms with Crippen LogP contribution in [0.3, 0.4) is 0 Å². The van der Waals surface area contributed by atoms with Gasteiger partial charge in [0.2, 0.25) is 11.8 Å². The van der Waals surface area contributed by atoms with Crippen molar-refractivity contribution in [3.63, 3.8) is 0 Å². The molecule has 5 heteroatoms. The van der Waals surface area contributed by atoms with E-state index < -0.39 is 5.41 Å². The van der Waals surface area contributed by atoms with Gasteiger partial charge in [-0.05, 0) is 25.2 Å². The van der Waals surface area contributed by atoms with Gasteiger partial charge in [0.15, 0.2) is 0 Å². The lowest BCUT2D eigenvalue weighted by Crippen LogP contribution is -2.55. The summed E-state index contributed by atoms with van der Waals surface area (Å²) >= 11 is 0. The minimum atomic E-state index is -0.469. The molecule has 2 atom stereocenters. The maximum atomic E-state index is 13.3. The van der Waals surface area contributed by atoms with E-state index in [-0.39, 0.29) is 23.1 Å². The Labute approximate surface area is 146 Å². The molecule has 1 saturated carbocycles. The zero-order chi connectivity index (χ0) is 18.0. The summed E-state index contributed by atoms with van der Waals surface area (Å²) in [6.07, 6.45) is 3.49. The maximum absolute atomic E-state index is 13.3. The first-order valence-electron chi connectivity index (χ1n) is 9.18. The average Bonchev–Trinajstić information content (AvgIpc) is 2.79.